The number of aliphatic hydroxyl groups is 1. The Morgan fingerprint density at radius 2 is 1.60 bits per heavy atom. The fourth-order valence-electron chi connectivity index (χ4n) is 9.67. The lowest BCUT2D eigenvalue weighted by atomic mass is 9.85. The first-order valence-electron chi connectivity index (χ1n) is 27.1. The van der Waals surface area contributed by atoms with Gasteiger partial charge in [-0.1, -0.05) is 62.3 Å². The zero-order valence-corrected chi connectivity index (χ0v) is 47.5. The van der Waals surface area contributed by atoms with Crippen LogP contribution in [0.25, 0.3) is 21.8 Å². The van der Waals surface area contributed by atoms with E-state index in [1.165, 1.54) is 39.3 Å². The molecule has 1 aliphatic heterocycles. The molecule has 22 nitrogen and oxygen atoms in total. The highest BCUT2D eigenvalue weighted by Gasteiger charge is 2.53. The molecule has 2 aliphatic carbocycles. The second kappa shape index (κ2) is 26.4. The van der Waals surface area contributed by atoms with Crippen molar-refractivity contribution in [3.8, 4) is 33.3 Å². The Hall–Kier alpha value is -7.80. The molecule has 3 aromatic carbocycles. The van der Waals surface area contributed by atoms with E-state index in [1.807, 2.05) is 37.3 Å². The van der Waals surface area contributed by atoms with E-state index >= 15 is 0 Å². The number of benzene rings is 3. The molecule has 7 amide bonds. The third kappa shape index (κ3) is 15.2. The van der Waals surface area contributed by atoms with E-state index in [1.54, 1.807) is 58.6 Å². The lowest BCUT2D eigenvalue weighted by Gasteiger charge is -2.36. The summed E-state index contributed by atoms with van der Waals surface area (Å²) in [6, 6.07) is 15.2. The van der Waals surface area contributed by atoms with Crippen molar-refractivity contribution in [2.24, 2.45) is 5.41 Å². The summed E-state index contributed by atoms with van der Waals surface area (Å²) in [5.41, 5.74) is 3.72. The first-order valence-corrected chi connectivity index (χ1v) is 28.0. The summed E-state index contributed by atoms with van der Waals surface area (Å²) in [6.45, 7) is 7.76. The molecule has 0 bridgehead atoms. The van der Waals surface area contributed by atoms with Crippen LogP contribution in [0.4, 0.5) is 4.39 Å². The summed E-state index contributed by atoms with van der Waals surface area (Å²) >= 11 is 1.48. The summed E-state index contributed by atoms with van der Waals surface area (Å²) in [5, 5.41) is 39.2. The van der Waals surface area contributed by atoms with Gasteiger partial charge < -0.3 is 65.3 Å². The molecule has 5 atom stereocenters. The number of nitrogens with one attached hydrogen (secondary N) is 5. The minimum atomic E-state index is -2.03. The molecule has 82 heavy (non-hydrogen) atoms. The number of phenols is 1. The van der Waals surface area contributed by atoms with Crippen LogP contribution < -0.4 is 31.3 Å². The number of halogens is 1. The van der Waals surface area contributed by atoms with E-state index in [0.29, 0.717) is 23.3 Å². The van der Waals surface area contributed by atoms with Gasteiger partial charge in [-0.25, -0.2) is 9.37 Å². The third-order valence-corrected chi connectivity index (χ3v) is 15.4. The molecule has 1 saturated carbocycles. The maximum absolute atomic E-state index is 14.7. The van der Waals surface area contributed by atoms with Gasteiger partial charge in [-0.2, -0.15) is 0 Å². The number of amides is 7. The maximum Gasteiger partial charge on any atom is 0.273 e. The van der Waals surface area contributed by atoms with E-state index in [2.05, 4.69) is 36.7 Å². The number of hydrogen-bond donors (Lipinski definition) is 7. The van der Waals surface area contributed by atoms with E-state index in [0.717, 1.165) is 33.7 Å². The molecule has 3 heterocycles. The first-order chi connectivity index (χ1) is 39.1. The standard InChI is InChI=1S/C58H70FN9O13S/c1-33-50(82-32-62-33)36-9-7-35(8-10-36)43(64-53(74)45-26-38(69)30-68(45)55(76)51(57(2,3)4)65-56(77)58(59)17-18-58)29-48(71)60-19-21-78-23-24-79-22-20-61-49(72)31-80-39-14-11-34-13-16-42(41(34)27-39)63-52(73)44-28-47(81-66-44)37-12-15-40(46(70)25-37)54(75)67(5)6/h7-12,14-15,25,27-28,32,38,42-43,45,51,69-70H,13,16-24,26,29-31H2,1-6H3,(H,60,71)(H,61,72)(H,63,73)(H,64,74)(H,65,77)/t38-,42-,43+,45+,51-/m1/s1. The molecule has 1 saturated heterocycles. The van der Waals surface area contributed by atoms with Crippen molar-refractivity contribution in [2.75, 3.05) is 66.8 Å². The summed E-state index contributed by atoms with van der Waals surface area (Å²) in [7, 11) is 3.16. The van der Waals surface area contributed by atoms with Crippen LogP contribution in [-0.2, 0) is 39.9 Å². The van der Waals surface area contributed by atoms with Gasteiger partial charge >= 0.3 is 0 Å². The van der Waals surface area contributed by atoms with Crippen LogP contribution in [0.1, 0.15) is 108 Å². The molecule has 0 spiro atoms. The van der Waals surface area contributed by atoms with Gasteiger partial charge in [0.15, 0.2) is 23.7 Å². The number of aryl methyl sites for hydroxylation is 2. The topological polar surface area (TPSA) is 293 Å². The molecule has 3 aliphatic rings. The number of hydrogen-bond acceptors (Lipinski definition) is 16. The Kier molecular flexibility index (Phi) is 19.4. The number of aliphatic hydroxyl groups excluding tert-OH is 1. The normalized spacial score (nSPS) is 17.7. The zero-order valence-electron chi connectivity index (χ0n) is 46.7. The highest BCUT2D eigenvalue weighted by molar-refractivity contribution is 7.13. The van der Waals surface area contributed by atoms with E-state index < -0.39 is 64.8 Å². The van der Waals surface area contributed by atoms with Crippen molar-refractivity contribution in [3.63, 3.8) is 0 Å². The van der Waals surface area contributed by atoms with Crippen LogP contribution in [0.3, 0.4) is 0 Å². The molecule has 0 unspecified atom stereocenters. The van der Waals surface area contributed by atoms with Crippen LogP contribution in [0.2, 0.25) is 0 Å². The van der Waals surface area contributed by atoms with Gasteiger partial charge in [0.25, 0.3) is 23.6 Å². The molecular weight excluding hydrogens is 1080 g/mol. The number of ether oxygens (including phenoxy) is 3. The Morgan fingerprint density at radius 3 is 2.24 bits per heavy atom. The summed E-state index contributed by atoms with van der Waals surface area (Å²) in [4.78, 5) is 101. The number of nitrogens with zero attached hydrogens (tertiary/aromatic N) is 4. The maximum atomic E-state index is 14.7. The van der Waals surface area contributed by atoms with Gasteiger partial charge in [0, 0.05) is 51.8 Å². The lowest BCUT2D eigenvalue weighted by Crippen LogP contribution is -2.59. The van der Waals surface area contributed by atoms with Crippen molar-refractivity contribution in [2.45, 2.75) is 102 Å². The van der Waals surface area contributed by atoms with Crippen LogP contribution in [0, 0.1) is 12.3 Å². The SMILES string of the molecule is Cc1ncsc1-c1ccc([C@H](CC(=O)NCCOCCOCCNC(=O)COc2ccc3c(c2)[C@H](NC(=O)c2cc(-c4ccc(C(=O)N(C)C)c(O)c4)on2)CC3)NC(=O)[C@@H]2C[C@@H](O)CN2C(=O)[C@@H](NC(=O)C2(F)CC2)C(C)(C)C)cc1. The zero-order chi connectivity index (χ0) is 58.9. The minimum Gasteiger partial charge on any atom is -0.507 e. The van der Waals surface area contributed by atoms with Crippen LogP contribution in [0.15, 0.2) is 76.8 Å². The van der Waals surface area contributed by atoms with Gasteiger partial charge in [-0.05, 0) is 84.5 Å². The number of carbonyl (C=O) groups excluding carboxylic acids is 7. The number of carbonyl (C=O) groups is 7. The Labute approximate surface area is 477 Å². The number of β-amino-alcohol motifs (C(OH)–C–C–N with tert-alkyl or cyclic N) is 1. The minimum absolute atomic E-state index is 0.0343. The van der Waals surface area contributed by atoms with Crippen LogP contribution in [-0.4, -0.2) is 162 Å². The number of fused-ring (bicyclic) bond motifs is 1. The van der Waals surface area contributed by atoms with E-state index in [9.17, 15) is 48.2 Å². The molecule has 8 rings (SSSR count). The average molecular weight is 1150 g/mol. The molecular formula is C58H70FN9O13S. The molecule has 2 aromatic heterocycles. The summed E-state index contributed by atoms with van der Waals surface area (Å²) in [5.74, 6) is -3.25. The fraction of sp³-hybridized carbons (Fsp3) is 0.466. The Bertz CT molecular complexity index is 3140. The highest BCUT2D eigenvalue weighted by Crippen LogP contribution is 2.41. The number of thiazole rings is 1. The first kappa shape index (κ1) is 60.3. The average Bonchev–Trinajstić information content (AvgIpc) is 3.89. The Morgan fingerprint density at radius 1 is 0.902 bits per heavy atom. The van der Waals surface area contributed by atoms with Gasteiger partial charge in [-0.15, -0.1) is 11.3 Å². The molecule has 5 aromatic rings. The van der Waals surface area contributed by atoms with Crippen molar-refractivity contribution >= 4 is 52.7 Å². The molecule has 438 valence electrons. The predicted octanol–water partition coefficient (Wildman–Crippen LogP) is 4.49. The number of phenolic OH excluding ortho intramolecular Hbond substituents is 1. The van der Waals surface area contributed by atoms with Gasteiger partial charge in [0.1, 0.15) is 23.6 Å². The predicted molar refractivity (Wildman–Crippen MR) is 298 cm³/mol. The largest absolute Gasteiger partial charge is 0.507 e. The second-order valence-electron chi connectivity index (χ2n) is 21.9. The highest BCUT2D eigenvalue weighted by atomic mass is 32.1. The summed E-state index contributed by atoms with van der Waals surface area (Å²) < 4.78 is 37.2. The van der Waals surface area contributed by atoms with E-state index in [-0.39, 0.29) is 119 Å². The van der Waals surface area contributed by atoms with Gasteiger partial charge in [0.2, 0.25) is 17.7 Å². The number of alkyl halides is 1. The molecule has 24 heteroatoms. The van der Waals surface area contributed by atoms with Crippen molar-refractivity contribution < 1.29 is 66.9 Å². The second-order valence-corrected chi connectivity index (χ2v) is 22.8. The van der Waals surface area contributed by atoms with Crippen LogP contribution >= 0.6 is 11.3 Å². The molecule has 0 radical (unpaired) electrons. The summed E-state index contributed by atoms with van der Waals surface area (Å²) in [6.07, 6.45) is 0.179. The number of aromatic nitrogens is 2. The van der Waals surface area contributed by atoms with Crippen molar-refractivity contribution in [3.05, 3.63) is 106 Å². The number of likely N-dealkylation sites (tertiary alicyclic amines) is 1. The van der Waals surface area contributed by atoms with Gasteiger partial charge in [0.05, 0.1) is 72.7 Å². The fourth-order valence-corrected chi connectivity index (χ4v) is 10.5. The van der Waals surface area contributed by atoms with Gasteiger partial charge in [-0.3, -0.25) is 33.6 Å². The lowest BCUT2D eigenvalue weighted by molar-refractivity contribution is -0.145. The van der Waals surface area contributed by atoms with Crippen molar-refractivity contribution in [1.82, 2.24) is 46.5 Å². The number of aromatic hydroxyl groups is 1. The quantitative estimate of drug-likeness (QED) is 0.0397. The third-order valence-electron chi connectivity index (χ3n) is 14.4. The molecule has 7 N–H and O–H groups in total. The van der Waals surface area contributed by atoms with Crippen LogP contribution in [0.5, 0.6) is 11.5 Å². The molecule has 2 fully saturated rings. The number of rotatable bonds is 25. The van der Waals surface area contributed by atoms with Crippen molar-refractivity contribution in [1.29, 1.82) is 0 Å². The monoisotopic (exact) mass is 1150 g/mol. The van der Waals surface area contributed by atoms with E-state index in [4.69, 9.17) is 18.7 Å². The smallest absolute Gasteiger partial charge is 0.273 e. The Balaban J connectivity index is 0.740.